The molecule has 3 N–H and O–H groups in total. The monoisotopic (exact) mass is 460 g/mol. The zero-order valence-corrected chi connectivity index (χ0v) is 22.8. The van der Waals surface area contributed by atoms with Crippen LogP contribution in [-0.4, -0.2) is 33.1 Å². The van der Waals surface area contributed by atoms with Crippen LogP contribution < -0.4 is 0 Å². The van der Waals surface area contributed by atoms with E-state index in [1.54, 1.807) is 11.1 Å². The van der Waals surface area contributed by atoms with Crippen molar-refractivity contribution in [2.45, 2.75) is 137 Å². The molecule has 0 bridgehead atoms. The van der Waals surface area contributed by atoms with E-state index < -0.39 is 17.8 Å². The Hall–Kier alpha value is -0.380. The normalized spacial score (nSPS) is 45.9. The molecule has 2 saturated carbocycles. The summed E-state index contributed by atoms with van der Waals surface area (Å²) in [6, 6.07) is 0. The van der Waals surface area contributed by atoms with Crippen molar-refractivity contribution < 1.29 is 15.3 Å². The topological polar surface area (TPSA) is 60.7 Å². The van der Waals surface area contributed by atoms with Gasteiger partial charge in [-0.15, -0.1) is 0 Å². The number of aliphatic hydroxyl groups excluding tert-OH is 2. The largest absolute Gasteiger partial charge is 0.390 e. The molecule has 3 nitrogen and oxygen atoms in total. The average Bonchev–Trinajstić information content (AvgIpc) is 2.97. The van der Waals surface area contributed by atoms with Crippen molar-refractivity contribution in [1.82, 2.24) is 0 Å². The Morgan fingerprint density at radius 2 is 1.64 bits per heavy atom. The highest BCUT2D eigenvalue weighted by molar-refractivity contribution is 5.39. The molecule has 4 rings (SSSR count). The van der Waals surface area contributed by atoms with E-state index in [0.717, 1.165) is 25.2 Å². The summed E-state index contributed by atoms with van der Waals surface area (Å²) in [6.45, 7) is 18.3. The predicted molar refractivity (Wildman–Crippen MR) is 136 cm³/mol. The summed E-state index contributed by atoms with van der Waals surface area (Å²) in [5, 5.41) is 31.9. The third kappa shape index (κ3) is 3.78. The van der Waals surface area contributed by atoms with Gasteiger partial charge in [0.2, 0.25) is 0 Å². The van der Waals surface area contributed by atoms with Crippen LogP contribution >= 0.6 is 0 Å². The molecule has 0 spiro atoms. The molecule has 3 heteroatoms. The van der Waals surface area contributed by atoms with Crippen molar-refractivity contribution in [3.8, 4) is 0 Å². The third-order valence-corrected chi connectivity index (χ3v) is 11.9. The molecule has 0 aromatic heterocycles. The van der Waals surface area contributed by atoms with Crippen LogP contribution in [0.4, 0.5) is 0 Å². The Morgan fingerprint density at radius 1 is 0.970 bits per heavy atom. The molecule has 4 aliphatic rings. The van der Waals surface area contributed by atoms with Crippen LogP contribution in [-0.2, 0) is 0 Å². The Labute approximate surface area is 203 Å². The molecule has 0 aliphatic heterocycles. The number of fused-ring (bicyclic) bond motifs is 4. The van der Waals surface area contributed by atoms with Crippen LogP contribution in [0.3, 0.4) is 0 Å². The first-order valence-corrected chi connectivity index (χ1v) is 13.9. The van der Waals surface area contributed by atoms with Gasteiger partial charge < -0.3 is 15.3 Å². The van der Waals surface area contributed by atoms with E-state index in [2.05, 4.69) is 41.5 Å². The number of hydrogen-bond donors (Lipinski definition) is 3. The van der Waals surface area contributed by atoms with E-state index in [-0.39, 0.29) is 16.2 Å². The standard InChI is InChI=1S/C30H52O3/c1-19(10-9-15-26(2,3)33)20-13-16-30(8)22-11-12-24-27(4,5)25(32)23(31)18-28(24,6)21(22)14-17-29(20,30)7/h19-20,23-25,31-33H,9-18H2,1-8H3/t19-,20-,23-,24?,25+,28-,29-,30+/m1/s1. The van der Waals surface area contributed by atoms with Gasteiger partial charge in [-0.25, -0.2) is 0 Å². The van der Waals surface area contributed by atoms with Crippen molar-refractivity contribution in [2.24, 2.45) is 39.4 Å². The second kappa shape index (κ2) is 8.07. The lowest BCUT2D eigenvalue weighted by molar-refractivity contribution is -0.158. The Morgan fingerprint density at radius 3 is 2.27 bits per heavy atom. The van der Waals surface area contributed by atoms with Crippen LogP contribution in [0.2, 0.25) is 0 Å². The molecule has 0 saturated heterocycles. The molecule has 4 aliphatic carbocycles. The predicted octanol–water partition coefficient (Wildman–Crippen LogP) is 6.64. The molecule has 1 unspecified atom stereocenters. The fourth-order valence-corrected chi connectivity index (χ4v) is 9.83. The molecule has 0 amide bonds. The molecular formula is C30H52O3. The SMILES string of the molecule is C[C@H](CCCC(C)(C)O)[C@H]1CC[C@@]2(C)C3=C(CC[C@]12C)[C@@]1(C)C[C@@H](O)[C@H](O)C(C)(C)C1CC3. The van der Waals surface area contributed by atoms with Crippen molar-refractivity contribution >= 4 is 0 Å². The minimum atomic E-state index is -0.624. The minimum Gasteiger partial charge on any atom is -0.390 e. The molecule has 190 valence electrons. The van der Waals surface area contributed by atoms with Crippen LogP contribution in [0.1, 0.15) is 120 Å². The van der Waals surface area contributed by atoms with Gasteiger partial charge >= 0.3 is 0 Å². The highest BCUT2D eigenvalue weighted by atomic mass is 16.3. The number of allylic oxidation sites excluding steroid dienone is 2. The zero-order chi connectivity index (χ0) is 24.6. The Balaban J connectivity index is 1.62. The van der Waals surface area contributed by atoms with Gasteiger partial charge in [0, 0.05) is 0 Å². The smallest absolute Gasteiger partial charge is 0.0853 e. The molecule has 0 heterocycles. The van der Waals surface area contributed by atoms with Gasteiger partial charge in [-0.2, -0.15) is 0 Å². The fourth-order valence-electron chi connectivity index (χ4n) is 9.83. The number of hydrogen-bond acceptors (Lipinski definition) is 3. The van der Waals surface area contributed by atoms with Gasteiger partial charge in [-0.1, -0.05) is 65.5 Å². The van der Waals surface area contributed by atoms with Crippen LogP contribution in [0.25, 0.3) is 0 Å². The second-order valence-corrected chi connectivity index (χ2v) is 14.6. The van der Waals surface area contributed by atoms with Crippen molar-refractivity contribution in [3.05, 3.63) is 11.1 Å². The van der Waals surface area contributed by atoms with E-state index in [1.807, 2.05) is 13.8 Å². The molecule has 0 aromatic rings. The second-order valence-electron chi connectivity index (χ2n) is 14.6. The maximum atomic E-state index is 10.9. The first-order chi connectivity index (χ1) is 15.1. The first-order valence-electron chi connectivity index (χ1n) is 13.9. The molecule has 2 fully saturated rings. The van der Waals surface area contributed by atoms with Crippen molar-refractivity contribution in [3.63, 3.8) is 0 Å². The lowest BCUT2D eigenvalue weighted by Gasteiger charge is -2.63. The zero-order valence-electron chi connectivity index (χ0n) is 22.8. The summed E-state index contributed by atoms with van der Waals surface area (Å²) in [6.07, 6.45) is 10.0. The highest BCUT2D eigenvalue weighted by Crippen LogP contribution is 2.72. The van der Waals surface area contributed by atoms with E-state index >= 15 is 0 Å². The summed E-state index contributed by atoms with van der Waals surface area (Å²) in [7, 11) is 0. The van der Waals surface area contributed by atoms with Gasteiger partial charge in [0.05, 0.1) is 17.8 Å². The third-order valence-electron chi connectivity index (χ3n) is 11.9. The summed E-state index contributed by atoms with van der Waals surface area (Å²) in [5.74, 6) is 1.88. The quantitative estimate of drug-likeness (QED) is 0.403. The maximum Gasteiger partial charge on any atom is 0.0853 e. The fraction of sp³-hybridized carbons (Fsp3) is 0.933. The van der Waals surface area contributed by atoms with E-state index in [0.29, 0.717) is 23.7 Å². The van der Waals surface area contributed by atoms with Crippen LogP contribution in [0.15, 0.2) is 11.1 Å². The van der Waals surface area contributed by atoms with Gasteiger partial charge in [0.25, 0.3) is 0 Å². The highest BCUT2D eigenvalue weighted by Gasteiger charge is 2.64. The molecule has 33 heavy (non-hydrogen) atoms. The van der Waals surface area contributed by atoms with E-state index in [9.17, 15) is 15.3 Å². The van der Waals surface area contributed by atoms with E-state index in [4.69, 9.17) is 0 Å². The van der Waals surface area contributed by atoms with Gasteiger partial charge in [-0.05, 0) is 105 Å². The minimum absolute atomic E-state index is 0.0104. The van der Waals surface area contributed by atoms with Crippen molar-refractivity contribution in [1.29, 1.82) is 0 Å². The van der Waals surface area contributed by atoms with Crippen molar-refractivity contribution in [2.75, 3.05) is 0 Å². The summed E-state index contributed by atoms with van der Waals surface area (Å²) < 4.78 is 0. The van der Waals surface area contributed by atoms with Crippen LogP contribution in [0.5, 0.6) is 0 Å². The maximum absolute atomic E-state index is 10.9. The van der Waals surface area contributed by atoms with Gasteiger partial charge in [0.15, 0.2) is 0 Å². The number of rotatable bonds is 5. The molecular weight excluding hydrogens is 408 g/mol. The van der Waals surface area contributed by atoms with Gasteiger partial charge in [0.1, 0.15) is 0 Å². The molecule has 0 aromatic carbocycles. The lowest BCUT2D eigenvalue weighted by Crippen LogP contribution is -2.59. The first kappa shape index (κ1) is 25.7. The summed E-state index contributed by atoms with van der Waals surface area (Å²) >= 11 is 0. The Kier molecular flexibility index (Phi) is 6.28. The van der Waals surface area contributed by atoms with Crippen LogP contribution in [0, 0.1) is 39.4 Å². The molecule has 0 radical (unpaired) electrons. The Bertz CT molecular complexity index is 791. The lowest BCUT2D eigenvalue weighted by atomic mass is 9.43. The van der Waals surface area contributed by atoms with Gasteiger partial charge in [-0.3, -0.25) is 0 Å². The number of aliphatic hydroxyl groups is 3. The summed E-state index contributed by atoms with van der Waals surface area (Å²) in [4.78, 5) is 0. The van der Waals surface area contributed by atoms with E-state index in [1.165, 1.54) is 38.5 Å². The summed E-state index contributed by atoms with van der Waals surface area (Å²) in [5.41, 5.74) is 3.20. The molecule has 8 atom stereocenters. The average molecular weight is 461 g/mol.